The average molecular weight is 232 g/mol. The summed E-state index contributed by atoms with van der Waals surface area (Å²) in [5.41, 5.74) is 1.37. The number of aromatic nitrogens is 1. The molecule has 1 amide bonds. The van der Waals surface area contributed by atoms with E-state index in [9.17, 15) is 4.79 Å². The predicted molar refractivity (Wildman–Crippen MR) is 64.0 cm³/mol. The van der Waals surface area contributed by atoms with E-state index < -0.39 is 0 Å². The van der Waals surface area contributed by atoms with Crippen LogP contribution in [0, 0.1) is 11.3 Å². The second-order valence-corrected chi connectivity index (χ2v) is 3.79. The first-order valence-corrected chi connectivity index (χ1v) is 5.46. The van der Waals surface area contributed by atoms with Gasteiger partial charge in [0.05, 0.1) is 6.54 Å². The van der Waals surface area contributed by atoms with Gasteiger partial charge in [-0.15, -0.1) is 0 Å². The number of carbonyl (C=O) groups is 1. The SMILES string of the molecule is CCNC(=O)CN(C)Cc1ccnc(C#N)c1. The zero-order chi connectivity index (χ0) is 12.7. The van der Waals surface area contributed by atoms with Crippen molar-refractivity contribution in [1.29, 1.82) is 5.26 Å². The topological polar surface area (TPSA) is 69.0 Å². The van der Waals surface area contributed by atoms with Gasteiger partial charge in [-0.25, -0.2) is 4.98 Å². The van der Waals surface area contributed by atoms with Crippen LogP contribution in [-0.2, 0) is 11.3 Å². The van der Waals surface area contributed by atoms with Gasteiger partial charge in [0.2, 0.25) is 5.91 Å². The van der Waals surface area contributed by atoms with Crippen molar-refractivity contribution < 1.29 is 4.79 Å². The summed E-state index contributed by atoms with van der Waals surface area (Å²) in [5, 5.41) is 11.5. The van der Waals surface area contributed by atoms with Crippen LogP contribution in [0.1, 0.15) is 18.2 Å². The highest BCUT2D eigenvalue weighted by atomic mass is 16.1. The zero-order valence-electron chi connectivity index (χ0n) is 10.1. The Hall–Kier alpha value is -1.93. The number of likely N-dealkylation sites (N-methyl/N-ethyl adjacent to an activating group) is 2. The smallest absolute Gasteiger partial charge is 0.234 e. The van der Waals surface area contributed by atoms with Crippen LogP contribution in [0.25, 0.3) is 0 Å². The molecule has 0 aliphatic heterocycles. The van der Waals surface area contributed by atoms with Crippen molar-refractivity contribution >= 4 is 5.91 Å². The fourth-order valence-corrected chi connectivity index (χ4v) is 1.50. The van der Waals surface area contributed by atoms with Crippen molar-refractivity contribution in [1.82, 2.24) is 15.2 Å². The second-order valence-electron chi connectivity index (χ2n) is 3.79. The van der Waals surface area contributed by atoms with E-state index >= 15 is 0 Å². The lowest BCUT2D eigenvalue weighted by molar-refractivity contribution is -0.121. The first kappa shape index (κ1) is 13.1. The molecule has 0 bridgehead atoms. The number of carbonyl (C=O) groups excluding carboxylic acids is 1. The number of nitrogens with zero attached hydrogens (tertiary/aromatic N) is 3. The fourth-order valence-electron chi connectivity index (χ4n) is 1.50. The zero-order valence-corrected chi connectivity index (χ0v) is 10.1. The van der Waals surface area contributed by atoms with Crippen LogP contribution in [0.5, 0.6) is 0 Å². The van der Waals surface area contributed by atoms with Gasteiger partial charge < -0.3 is 5.32 Å². The van der Waals surface area contributed by atoms with Crippen molar-refractivity contribution in [2.75, 3.05) is 20.1 Å². The normalized spacial score (nSPS) is 10.0. The third-order valence-electron chi connectivity index (χ3n) is 2.18. The van der Waals surface area contributed by atoms with E-state index in [0.717, 1.165) is 5.56 Å². The average Bonchev–Trinajstić information content (AvgIpc) is 2.29. The van der Waals surface area contributed by atoms with Crippen LogP contribution in [0.3, 0.4) is 0 Å². The van der Waals surface area contributed by atoms with E-state index in [0.29, 0.717) is 25.3 Å². The van der Waals surface area contributed by atoms with Gasteiger partial charge in [-0.05, 0) is 31.7 Å². The summed E-state index contributed by atoms with van der Waals surface area (Å²) >= 11 is 0. The van der Waals surface area contributed by atoms with Crippen molar-refractivity contribution in [2.24, 2.45) is 0 Å². The summed E-state index contributed by atoms with van der Waals surface area (Å²) in [5.74, 6) is 0.00422. The highest BCUT2D eigenvalue weighted by Crippen LogP contribution is 2.03. The first-order valence-electron chi connectivity index (χ1n) is 5.46. The van der Waals surface area contributed by atoms with Crippen LogP contribution >= 0.6 is 0 Å². The molecule has 5 nitrogen and oxygen atoms in total. The van der Waals surface area contributed by atoms with Gasteiger partial charge in [0.1, 0.15) is 11.8 Å². The van der Waals surface area contributed by atoms with E-state index in [4.69, 9.17) is 5.26 Å². The standard InChI is InChI=1S/C12H16N4O/c1-3-14-12(17)9-16(2)8-10-4-5-15-11(6-10)7-13/h4-6H,3,8-9H2,1-2H3,(H,14,17). The van der Waals surface area contributed by atoms with Crippen LogP contribution in [-0.4, -0.2) is 35.9 Å². The number of hydrogen-bond donors (Lipinski definition) is 1. The lowest BCUT2D eigenvalue weighted by atomic mass is 10.2. The van der Waals surface area contributed by atoms with Crippen molar-refractivity contribution in [3.63, 3.8) is 0 Å². The van der Waals surface area contributed by atoms with E-state index in [2.05, 4.69) is 10.3 Å². The molecule has 0 saturated heterocycles. The van der Waals surface area contributed by atoms with Crippen LogP contribution in [0.2, 0.25) is 0 Å². The van der Waals surface area contributed by atoms with E-state index in [-0.39, 0.29) is 5.91 Å². The number of hydrogen-bond acceptors (Lipinski definition) is 4. The predicted octanol–water partition coefficient (Wildman–Crippen LogP) is 0.521. The molecular weight excluding hydrogens is 216 g/mol. The van der Waals surface area contributed by atoms with E-state index in [1.165, 1.54) is 0 Å². The number of amides is 1. The van der Waals surface area contributed by atoms with Crippen molar-refractivity contribution in [3.05, 3.63) is 29.6 Å². The molecular formula is C12H16N4O. The third kappa shape index (κ3) is 4.62. The highest BCUT2D eigenvalue weighted by molar-refractivity contribution is 5.77. The summed E-state index contributed by atoms with van der Waals surface area (Å²) in [6.07, 6.45) is 1.61. The highest BCUT2D eigenvalue weighted by Gasteiger charge is 2.06. The van der Waals surface area contributed by atoms with Gasteiger partial charge in [0, 0.05) is 19.3 Å². The minimum absolute atomic E-state index is 0.00422. The number of nitrogens with one attached hydrogen (secondary N) is 1. The Labute approximate surface area is 101 Å². The number of nitriles is 1. The van der Waals surface area contributed by atoms with E-state index in [1.54, 1.807) is 12.3 Å². The summed E-state index contributed by atoms with van der Waals surface area (Å²) < 4.78 is 0. The lowest BCUT2D eigenvalue weighted by Crippen LogP contribution is -2.34. The molecule has 1 rings (SSSR count). The maximum absolute atomic E-state index is 11.3. The second kappa shape index (κ2) is 6.61. The molecule has 5 heteroatoms. The van der Waals surface area contributed by atoms with Crippen molar-refractivity contribution in [2.45, 2.75) is 13.5 Å². The monoisotopic (exact) mass is 232 g/mol. The number of pyridine rings is 1. The molecule has 0 atom stereocenters. The maximum atomic E-state index is 11.3. The summed E-state index contributed by atoms with van der Waals surface area (Å²) in [6.45, 7) is 3.49. The Bertz CT molecular complexity index is 425. The Morgan fingerprint density at radius 3 is 3.06 bits per heavy atom. The van der Waals surface area contributed by atoms with Gasteiger partial charge in [0.25, 0.3) is 0 Å². The third-order valence-corrected chi connectivity index (χ3v) is 2.18. The molecule has 0 fully saturated rings. The molecule has 90 valence electrons. The Balaban J connectivity index is 2.53. The Kier molecular flexibility index (Phi) is 5.11. The molecule has 0 unspecified atom stereocenters. The lowest BCUT2D eigenvalue weighted by Gasteiger charge is -2.15. The van der Waals surface area contributed by atoms with Gasteiger partial charge in [-0.3, -0.25) is 9.69 Å². The summed E-state index contributed by atoms with van der Waals surface area (Å²) in [4.78, 5) is 17.1. The Morgan fingerprint density at radius 1 is 1.65 bits per heavy atom. The number of rotatable bonds is 5. The maximum Gasteiger partial charge on any atom is 0.234 e. The van der Waals surface area contributed by atoms with Crippen LogP contribution in [0.15, 0.2) is 18.3 Å². The minimum atomic E-state index is 0.00422. The molecule has 0 aliphatic rings. The summed E-state index contributed by atoms with van der Waals surface area (Å²) in [6, 6.07) is 5.57. The van der Waals surface area contributed by atoms with Crippen molar-refractivity contribution in [3.8, 4) is 6.07 Å². The fraction of sp³-hybridized carbons (Fsp3) is 0.417. The quantitative estimate of drug-likeness (QED) is 0.803. The molecule has 0 spiro atoms. The molecule has 1 aromatic heterocycles. The van der Waals surface area contributed by atoms with Gasteiger partial charge >= 0.3 is 0 Å². The minimum Gasteiger partial charge on any atom is -0.355 e. The van der Waals surface area contributed by atoms with Gasteiger partial charge in [-0.2, -0.15) is 5.26 Å². The molecule has 0 radical (unpaired) electrons. The largest absolute Gasteiger partial charge is 0.355 e. The van der Waals surface area contributed by atoms with Gasteiger partial charge in [0.15, 0.2) is 0 Å². The molecule has 1 heterocycles. The van der Waals surface area contributed by atoms with Crippen LogP contribution < -0.4 is 5.32 Å². The molecule has 1 N–H and O–H groups in total. The molecule has 0 saturated carbocycles. The molecule has 17 heavy (non-hydrogen) atoms. The Morgan fingerprint density at radius 2 is 2.41 bits per heavy atom. The first-order chi connectivity index (χ1) is 8.15. The van der Waals surface area contributed by atoms with E-state index in [1.807, 2.05) is 31.0 Å². The molecule has 0 aromatic carbocycles. The van der Waals surface area contributed by atoms with Gasteiger partial charge in [-0.1, -0.05) is 0 Å². The molecule has 0 aliphatic carbocycles. The summed E-state index contributed by atoms with van der Waals surface area (Å²) in [7, 11) is 1.86. The van der Waals surface area contributed by atoms with Crippen LogP contribution in [0.4, 0.5) is 0 Å². The molecule has 1 aromatic rings.